The fourth-order valence-electron chi connectivity index (χ4n) is 1.90. The lowest BCUT2D eigenvalue weighted by molar-refractivity contribution is -0.400. The first kappa shape index (κ1) is 10.4. The molecule has 2 aromatic rings. The largest absolute Gasteiger partial charge is 0.347 e. The number of aryl methyl sites for hydroxylation is 1. The molecule has 82 valence electrons. The zero-order valence-corrected chi connectivity index (χ0v) is 9.18. The third-order valence-electron chi connectivity index (χ3n) is 2.81. The molecule has 0 N–H and O–H groups in total. The van der Waals surface area contributed by atoms with Gasteiger partial charge in [0.1, 0.15) is 0 Å². The topological polar surface area (TPSA) is 48.1 Å². The van der Waals surface area contributed by atoms with Gasteiger partial charge in [0, 0.05) is 35.3 Å². The van der Waals surface area contributed by atoms with Crippen LogP contribution in [0.2, 0.25) is 0 Å². The molecule has 2 rings (SSSR count). The zero-order valence-electron chi connectivity index (χ0n) is 9.18. The number of hydrogen-bond acceptors (Lipinski definition) is 2. The molecule has 0 amide bonds. The average molecular weight is 216 g/mol. The van der Waals surface area contributed by atoms with Crippen LogP contribution in [-0.4, -0.2) is 9.49 Å². The van der Waals surface area contributed by atoms with Crippen molar-refractivity contribution >= 4 is 17.0 Å². The predicted molar refractivity (Wildman–Crippen MR) is 63.7 cm³/mol. The molecule has 1 aromatic heterocycles. The second kappa shape index (κ2) is 3.81. The van der Waals surface area contributed by atoms with Crippen LogP contribution in [0, 0.1) is 17.0 Å². The zero-order chi connectivity index (χ0) is 11.7. The van der Waals surface area contributed by atoms with Gasteiger partial charge in [-0.05, 0) is 13.0 Å². The van der Waals surface area contributed by atoms with Crippen molar-refractivity contribution in [1.82, 2.24) is 4.57 Å². The number of para-hydroxylation sites is 1. The molecular formula is C12H12N2O2. The van der Waals surface area contributed by atoms with Gasteiger partial charge in [-0.3, -0.25) is 10.1 Å². The lowest BCUT2D eigenvalue weighted by Crippen LogP contribution is -1.90. The smallest absolute Gasteiger partial charge is 0.235 e. The van der Waals surface area contributed by atoms with Crippen LogP contribution in [0.3, 0.4) is 0 Å². The Morgan fingerprint density at radius 3 is 2.75 bits per heavy atom. The Bertz CT molecular complexity index is 582. The van der Waals surface area contributed by atoms with Crippen molar-refractivity contribution in [3.8, 4) is 0 Å². The molecule has 0 fully saturated rings. The fraction of sp³-hybridized carbons (Fsp3) is 0.167. The van der Waals surface area contributed by atoms with Crippen LogP contribution in [-0.2, 0) is 7.05 Å². The highest BCUT2D eigenvalue weighted by atomic mass is 16.6. The molecule has 0 saturated carbocycles. The molecule has 0 radical (unpaired) electrons. The number of rotatable bonds is 2. The minimum atomic E-state index is -0.443. The molecule has 0 spiro atoms. The third kappa shape index (κ3) is 1.58. The summed E-state index contributed by atoms with van der Waals surface area (Å²) in [5.41, 5.74) is 3.03. The van der Waals surface area contributed by atoms with Crippen molar-refractivity contribution in [2.45, 2.75) is 6.92 Å². The Morgan fingerprint density at radius 2 is 2.06 bits per heavy atom. The van der Waals surface area contributed by atoms with Gasteiger partial charge in [-0.2, -0.15) is 0 Å². The lowest BCUT2D eigenvalue weighted by atomic mass is 10.1. The van der Waals surface area contributed by atoms with Gasteiger partial charge in [0.15, 0.2) is 0 Å². The number of hydrogen-bond donors (Lipinski definition) is 0. The molecule has 0 aliphatic heterocycles. The van der Waals surface area contributed by atoms with Gasteiger partial charge in [-0.1, -0.05) is 18.2 Å². The summed E-state index contributed by atoms with van der Waals surface area (Å²) in [6, 6.07) is 7.88. The number of fused-ring (bicyclic) bond motifs is 1. The Morgan fingerprint density at radius 1 is 1.38 bits per heavy atom. The Balaban J connectivity index is 2.69. The summed E-state index contributed by atoms with van der Waals surface area (Å²) in [6.07, 6.45) is 2.53. The molecule has 0 aliphatic carbocycles. The van der Waals surface area contributed by atoms with E-state index in [1.54, 1.807) is 6.08 Å². The normalized spacial score (nSPS) is 11.4. The quantitative estimate of drug-likeness (QED) is 0.572. The maximum Gasteiger partial charge on any atom is 0.235 e. The van der Waals surface area contributed by atoms with E-state index in [2.05, 4.69) is 0 Å². The van der Waals surface area contributed by atoms with Crippen LogP contribution < -0.4 is 0 Å². The average Bonchev–Trinajstić information content (AvgIpc) is 2.50. The van der Waals surface area contributed by atoms with Crippen LogP contribution in [0.4, 0.5) is 0 Å². The summed E-state index contributed by atoms with van der Waals surface area (Å²) in [5.74, 6) is 0. The number of nitrogens with zero attached hydrogens (tertiary/aromatic N) is 2. The molecule has 16 heavy (non-hydrogen) atoms. The van der Waals surface area contributed by atoms with E-state index in [1.807, 2.05) is 42.8 Å². The highest BCUT2D eigenvalue weighted by molar-refractivity contribution is 5.91. The molecule has 0 aliphatic rings. The predicted octanol–water partition coefficient (Wildman–Crippen LogP) is 2.73. The van der Waals surface area contributed by atoms with Gasteiger partial charge in [0.25, 0.3) is 0 Å². The van der Waals surface area contributed by atoms with Crippen molar-refractivity contribution in [3.05, 3.63) is 51.8 Å². The minimum Gasteiger partial charge on any atom is -0.347 e. The number of nitro groups is 1. The monoisotopic (exact) mass is 216 g/mol. The van der Waals surface area contributed by atoms with Crippen molar-refractivity contribution in [1.29, 1.82) is 0 Å². The standard InChI is InChI=1S/C12H12N2O2/c1-9-10(7-8-14(15)16)11-5-3-4-6-12(11)13(9)2/h3-8H,1-2H3/b8-7-. The highest BCUT2D eigenvalue weighted by Crippen LogP contribution is 2.25. The van der Waals surface area contributed by atoms with Crippen molar-refractivity contribution in [3.63, 3.8) is 0 Å². The van der Waals surface area contributed by atoms with Crippen LogP contribution in [0.15, 0.2) is 30.5 Å². The molecule has 0 saturated heterocycles. The third-order valence-corrected chi connectivity index (χ3v) is 2.81. The summed E-state index contributed by atoms with van der Waals surface area (Å²) in [5, 5.41) is 11.4. The molecule has 1 aromatic carbocycles. The second-order valence-electron chi connectivity index (χ2n) is 3.68. The first-order chi connectivity index (χ1) is 7.61. The molecule has 0 unspecified atom stereocenters. The van der Waals surface area contributed by atoms with Gasteiger partial charge in [-0.25, -0.2) is 0 Å². The van der Waals surface area contributed by atoms with E-state index in [4.69, 9.17) is 0 Å². The SMILES string of the molecule is Cc1c(/C=C\[N+](=O)[O-])c2ccccc2n1C. The second-order valence-corrected chi connectivity index (χ2v) is 3.68. The van der Waals surface area contributed by atoms with E-state index in [0.29, 0.717) is 0 Å². The first-order valence-electron chi connectivity index (χ1n) is 4.97. The van der Waals surface area contributed by atoms with Gasteiger partial charge >= 0.3 is 0 Å². The highest BCUT2D eigenvalue weighted by Gasteiger charge is 2.09. The van der Waals surface area contributed by atoms with Crippen LogP contribution in [0.5, 0.6) is 0 Å². The molecule has 1 heterocycles. The molecular weight excluding hydrogens is 204 g/mol. The van der Waals surface area contributed by atoms with Gasteiger partial charge in [0.2, 0.25) is 6.20 Å². The maximum absolute atomic E-state index is 10.3. The molecule has 0 atom stereocenters. The number of aromatic nitrogens is 1. The van der Waals surface area contributed by atoms with Crippen LogP contribution >= 0.6 is 0 Å². The molecule has 4 heteroatoms. The van der Waals surface area contributed by atoms with E-state index in [-0.39, 0.29) is 0 Å². The molecule has 0 bridgehead atoms. The summed E-state index contributed by atoms with van der Waals surface area (Å²) in [7, 11) is 1.96. The Hall–Kier alpha value is -2.10. The fourth-order valence-corrected chi connectivity index (χ4v) is 1.90. The lowest BCUT2D eigenvalue weighted by Gasteiger charge is -1.96. The maximum atomic E-state index is 10.3. The summed E-state index contributed by atoms with van der Waals surface area (Å²) >= 11 is 0. The van der Waals surface area contributed by atoms with Gasteiger partial charge < -0.3 is 4.57 Å². The van der Waals surface area contributed by atoms with E-state index < -0.39 is 4.92 Å². The number of benzene rings is 1. The van der Waals surface area contributed by atoms with Crippen LogP contribution in [0.25, 0.3) is 17.0 Å². The van der Waals surface area contributed by atoms with E-state index in [9.17, 15) is 10.1 Å². The summed E-state index contributed by atoms with van der Waals surface area (Å²) in [4.78, 5) is 9.90. The Labute approximate surface area is 93.0 Å². The van der Waals surface area contributed by atoms with Crippen molar-refractivity contribution in [2.75, 3.05) is 0 Å². The van der Waals surface area contributed by atoms with Gasteiger partial charge in [0.05, 0.1) is 4.92 Å². The van der Waals surface area contributed by atoms with Crippen molar-refractivity contribution < 1.29 is 4.92 Å². The Kier molecular flexibility index (Phi) is 2.48. The van der Waals surface area contributed by atoms with E-state index in [1.165, 1.54) is 0 Å². The minimum absolute atomic E-state index is 0.443. The van der Waals surface area contributed by atoms with Crippen molar-refractivity contribution in [2.24, 2.45) is 7.05 Å². The summed E-state index contributed by atoms with van der Waals surface area (Å²) < 4.78 is 2.04. The van der Waals surface area contributed by atoms with Gasteiger partial charge in [-0.15, -0.1) is 0 Å². The first-order valence-corrected chi connectivity index (χ1v) is 4.97. The van der Waals surface area contributed by atoms with Crippen LogP contribution in [0.1, 0.15) is 11.3 Å². The van der Waals surface area contributed by atoms with E-state index >= 15 is 0 Å². The van der Waals surface area contributed by atoms with E-state index in [0.717, 1.165) is 28.4 Å². The summed E-state index contributed by atoms with van der Waals surface area (Å²) in [6.45, 7) is 1.96. The molecule has 4 nitrogen and oxygen atoms in total.